The van der Waals surface area contributed by atoms with E-state index in [0.29, 0.717) is 12.1 Å². The lowest BCUT2D eigenvalue weighted by atomic mass is 10.2. The lowest BCUT2D eigenvalue weighted by Crippen LogP contribution is -2.36. The SMILES string of the molecule is C=C1CCCN1C(=N)/C(=C\NC)NC(=O)c1coc(-c2ccnc(NCC(F)(F)F)c2)n1. The number of nitrogens with one attached hydrogen (secondary N) is 4. The number of hydrogen-bond acceptors (Lipinski definition) is 7. The fourth-order valence-electron chi connectivity index (χ4n) is 3.01. The van der Waals surface area contributed by atoms with E-state index in [9.17, 15) is 18.0 Å². The van der Waals surface area contributed by atoms with Gasteiger partial charge in [0.2, 0.25) is 5.89 Å². The first-order chi connectivity index (χ1) is 15.2. The van der Waals surface area contributed by atoms with E-state index in [1.807, 2.05) is 0 Å². The molecular formula is C20H22F3N7O2. The van der Waals surface area contributed by atoms with Crippen LogP contribution in [0.4, 0.5) is 19.0 Å². The van der Waals surface area contributed by atoms with Gasteiger partial charge in [-0.05, 0) is 25.0 Å². The molecular weight excluding hydrogens is 427 g/mol. The summed E-state index contributed by atoms with van der Waals surface area (Å²) in [4.78, 5) is 22.3. The largest absolute Gasteiger partial charge is 0.444 e. The first-order valence-electron chi connectivity index (χ1n) is 9.63. The standard InChI is InChI=1S/C20H22F3N7O2/c1-12-4-3-7-30(12)17(24)14(9-25-2)28-18(31)15-10-32-19(29-15)13-5-6-26-16(8-13)27-11-20(21,22)23/h5-6,8-10,24-25H,1,3-4,7,11H2,2H3,(H,26,27)(H,28,31)/b14-9+,24-17?. The number of nitrogens with zero attached hydrogens (tertiary/aromatic N) is 3. The summed E-state index contributed by atoms with van der Waals surface area (Å²) in [6, 6.07) is 2.83. The molecule has 0 unspecified atom stereocenters. The van der Waals surface area contributed by atoms with Crippen molar-refractivity contribution in [1.29, 1.82) is 5.41 Å². The second-order valence-corrected chi connectivity index (χ2v) is 6.91. The van der Waals surface area contributed by atoms with Gasteiger partial charge >= 0.3 is 6.18 Å². The normalized spacial score (nSPS) is 14.4. The van der Waals surface area contributed by atoms with Gasteiger partial charge in [0.05, 0.1) is 5.70 Å². The van der Waals surface area contributed by atoms with Crippen molar-refractivity contribution in [2.24, 2.45) is 0 Å². The summed E-state index contributed by atoms with van der Waals surface area (Å²) < 4.78 is 42.5. The van der Waals surface area contributed by atoms with Crippen LogP contribution in [0, 0.1) is 5.41 Å². The first kappa shape index (κ1) is 22.8. The van der Waals surface area contributed by atoms with Crippen LogP contribution in [-0.2, 0) is 0 Å². The molecule has 0 atom stereocenters. The Bertz CT molecular complexity index is 1050. The van der Waals surface area contributed by atoms with E-state index in [-0.39, 0.29) is 28.9 Å². The minimum absolute atomic E-state index is 0.0115. The average Bonchev–Trinajstić information content (AvgIpc) is 3.40. The van der Waals surface area contributed by atoms with Crippen LogP contribution in [0.15, 0.2) is 53.2 Å². The number of anilines is 1. The topological polar surface area (TPSA) is 119 Å². The van der Waals surface area contributed by atoms with Crippen molar-refractivity contribution in [2.75, 3.05) is 25.5 Å². The molecule has 0 aromatic carbocycles. The number of likely N-dealkylation sites (tertiary alicyclic amines) is 1. The van der Waals surface area contributed by atoms with Crippen LogP contribution < -0.4 is 16.0 Å². The maximum atomic E-state index is 12.7. The minimum atomic E-state index is -4.39. The van der Waals surface area contributed by atoms with Crippen molar-refractivity contribution >= 4 is 17.6 Å². The fourth-order valence-corrected chi connectivity index (χ4v) is 3.01. The zero-order valence-electron chi connectivity index (χ0n) is 17.2. The monoisotopic (exact) mass is 449 g/mol. The number of carbonyl (C=O) groups is 1. The average molecular weight is 449 g/mol. The van der Waals surface area contributed by atoms with Crippen LogP contribution in [0.25, 0.3) is 11.5 Å². The number of allylic oxidation sites excluding steroid dienone is 1. The van der Waals surface area contributed by atoms with Crippen molar-refractivity contribution in [2.45, 2.75) is 19.0 Å². The number of rotatable bonds is 7. The molecule has 2 aromatic rings. The molecule has 1 fully saturated rings. The van der Waals surface area contributed by atoms with E-state index in [1.54, 1.807) is 11.9 Å². The van der Waals surface area contributed by atoms with Crippen LogP contribution >= 0.6 is 0 Å². The number of aromatic nitrogens is 2. The van der Waals surface area contributed by atoms with Crippen LogP contribution in [0.2, 0.25) is 0 Å². The zero-order valence-corrected chi connectivity index (χ0v) is 17.2. The lowest BCUT2D eigenvalue weighted by molar-refractivity contribution is -0.115. The Hall–Kier alpha value is -3.83. The quantitative estimate of drug-likeness (QED) is 0.379. The summed E-state index contributed by atoms with van der Waals surface area (Å²) in [5.74, 6) is -0.494. The highest BCUT2D eigenvalue weighted by molar-refractivity contribution is 6.03. The number of hydrogen-bond donors (Lipinski definition) is 4. The Kier molecular flexibility index (Phi) is 6.81. The van der Waals surface area contributed by atoms with E-state index in [2.05, 4.69) is 32.5 Å². The zero-order chi connectivity index (χ0) is 23.3. The summed E-state index contributed by atoms with van der Waals surface area (Å²) in [6.07, 6.45) is 1.18. The van der Waals surface area contributed by atoms with Gasteiger partial charge in [0.15, 0.2) is 11.5 Å². The summed E-state index contributed by atoms with van der Waals surface area (Å²) >= 11 is 0. The number of pyridine rings is 1. The van der Waals surface area contributed by atoms with Gasteiger partial charge in [-0.2, -0.15) is 13.2 Å². The minimum Gasteiger partial charge on any atom is -0.444 e. The number of oxazole rings is 1. The molecule has 0 radical (unpaired) electrons. The Labute approximate surface area is 181 Å². The number of carbonyl (C=O) groups excluding carboxylic acids is 1. The molecule has 1 saturated heterocycles. The predicted molar refractivity (Wildman–Crippen MR) is 112 cm³/mol. The van der Waals surface area contributed by atoms with Gasteiger partial charge in [-0.15, -0.1) is 0 Å². The maximum absolute atomic E-state index is 12.7. The van der Waals surface area contributed by atoms with E-state index >= 15 is 0 Å². The van der Waals surface area contributed by atoms with Gasteiger partial charge in [-0.3, -0.25) is 10.2 Å². The van der Waals surface area contributed by atoms with Crippen LogP contribution in [0.1, 0.15) is 23.3 Å². The van der Waals surface area contributed by atoms with Gasteiger partial charge in [-0.1, -0.05) is 6.58 Å². The van der Waals surface area contributed by atoms with Crippen LogP contribution in [-0.4, -0.2) is 52.9 Å². The van der Waals surface area contributed by atoms with Gasteiger partial charge in [0.1, 0.15) is 18.6 Å². The third kappa shape index (κ3) is 5.65. The highest BCUT2D eigenvalue weighted by Gasteiger charge is 2.27. The van der Waals surface area contributed by atoms with E-state index in [4.69, 9.17) is 9.83 Å². The molecule has 0 aliphatic carbocycles. The Morgan fingerprint density at radius 3 is 2.88 bits per heavy atom. The number of amidine groups is 1. The molecule has 3 heterocycles. The van der Waals surface area contributed by atoms with Gasteiger partial charge < -0.3 is 25.3 Å². The Morgan fingerprint density at radius 2 is 2.22 bits per heavy atom. The Morgan fingerprint density at radius 1 is 1.44 bits per heavy atom. The third-order valence-electron chi connectivity index (χ3n) is 4.50. The molecule has 32 heavy (non-hydrogen) atoms. The second kappa shape index (κ2) is 9.54. The van der Waals surface area contributed by atoms with Gasteiger partial charge in [0.25, 0.3) is 5.91 Å². The molecule has 170 valence electrons. The molecule has 12 heteroatoms. The van der Waals surface area contributed by atoms with Crippen molar-refractivity contribution < 1.29 is 22.4 Å². The predicted octanol–water partition coefficient (Wildman–Crippen LogP) is 3.09. The molecule has 0 bridgehead atoms. The summed E-state index contributed by atoms with van der Waals surface area (Å²) in [5, 5.41) is 16.0. The highest BCUT2D eigenvalue weighted by atomic mass is 19.4. The third-order valence-corrected chi connectivity index (χ3v) is 4.50. The van der Waals surface area contributed by atoms with E-state index < -0.39 is 18.6 Å². The number of alkyl halides is 3. The molecule has 9 nitrogen and oxygen atoms in total. The van der Waals surface area contributed by atoms with Crippen molar-refractivity contribution in [3.63, 3.8) is 0 Å². The number of halogens is 3. The van der Waals surface area contributed by atoms with Gasteiger partial charge in [-0.25, -0.2) is 9.97 Å². The molecule has 0 spiro atoms. The smallest absolute Gasteiger partial charge is 0.405 e. The van der Waals surface area contributed by atoms with E-state index in [1.165, 1.54) is 24.5 Å². The summed E-state index contributed by atoms with van der Waals surface area (Å²) in [6.45, 7) is 3.33. The van der Waals surface area contributed by atoms with Crippen molar-refractivity contribution in [3.8, 4) is 11.5 Å². The molecule has 1 aliphatic heterocycles. The molecule has 1 aliphatic rings. The van der Waals surface area contributed by atoms with Gasteiger partial charge in [0, 0.05) is 37.2 Å². The number of amides is 1. The van der Waals surface area contributed by atoms with Crippen molar-refractivity contribution in [3.05, 3.63) is 54.5 Å². The molecule has 2 aromatic heterocycles. The molecule has 3 rings (SSSR count). The summed E-state index contributed by atoms with van der Waals surface area (Å²) in [7, 11) is 1.64. The second-order valence-electron chi connectivity index (χ2n) is 6.91. The van der Waals surface area contributed by atoms with Crippen molar-refractivity contribution in [1.82, 2.24) is 25.5 Å². The van der Waals surface area contributed by atoms with Crippen LogP contribution in [0.3, 0.4) is 0 Å². The molecule has 0 saturated carbocycles. The molecule has 4 N–H and O–H groups in total. The lowest BCUT2D eigenvalue weighted by Gasteiger charge is -2.22. The maximum Gasteiger partial charge on any atom is 0.405 e. The first-order valence-corrected chi connectivity index (χ1v) is 9.63. The van der Waals surface area contributed by atoms with E-state index in [0.717, 1.165) is 24.8 Å². The Balaban J connectivity index is 1.72. The fraction of sp³-hybridized carbons (Fsp3) is 0.300. The summed E-state index contributed by atoms with van der Waals surface area (Å²) in [5.41, 5.74) is 1.31. The highest BCUT2D eigenvalue weighted by Crippen LogP contribution is 2.23. The van der Waals surface area contributed by atoms with Crippen LogP contribution in [0.5, 0.6) is 0 Å². The molecule has 1 amide bonds.